The van der Waals surface area contributed by atoms with Gasteiger partial charge in [-0.2, -0.15) is 0 Å². The summed E-state index contributed by atoms with van der Waals surface area (Å²) in [7, 11) is 0. The molecule has 0 saturated carbocycles. The molecule has 0 aliphatic heterocycles. The lowest BCUT2D eigenvalue weighted by atomic mass is 10.1. The normalized spacial score (nSPS) is 10.8. The summed E-state index contributed by atoms with van der Waals surface area (Å²) in [4.78, 5) is 19.2. The molecule has 0 radical (unpaired) electrons. The average molecular weight is 299 g/mol. The predicted octanol–water partition coefficient (Wildman–Crippen LogP) is 2.04. The van der Waals surface area contributed by atoms with Crippen LogP contribution in [-0.4, -0.2) is 39.3 Å². The van der Waals surface area contributed by atoms with Crippen LogP contribution in [0.5, 0.6) is 0 Å². The highest BCUT2D eigenvalue weighted by atomic mass is 16.4. The molecule has 1 aromatic carbocycles. The molecule has 22 heavy (non-hydrogen) atoms. The van der Waals surface area contributed by atoms with E-state index < -0.39 is 5.97 Å². The van der Waals surface area contributed by atoms with Crippen molar-refractivity contribution >= 4 is 17.9 Å². The zero-order valence-electron chi connectivity index (χ0n) is 11.9. The van der Waals surface area contributed by atoms with Crippen molar-refractivity contribution in [1.82, 2.24) is 9.97 Å². The van der Waals surface area contributed by atoms with Gasteiger partial charge in [0.25, 0.3) is 0 Å². The lowest BCUT2D eigenvalue weighted by Crippen LogP contribution is -2.05. The van der Waals surface area contributed by atoms with Crippen molar-refractivity contribution in [3.8, 4) is 11.3 Å². The number of aromatic nitrogens is 2. The largest absolute Gasteiger partial charge is 0.478 e. The van der Waals surface area contributed by atoms with Crippen LogP contribution in [-0.2, 0) is 4.79 Å². The Morgan fingerprint density at radius 3 is 2.95 bits per heavy atom. The van der Waals surface area contributed by atoms with Crippen molar-refractivity contribution in [2.24, 2.45) is 0 Å². The molecule has 2 aromatic rings. The van der Waals surface area contributed by atoms with Gasteiger partial charge < -0.3 is 15.5 Å². The van der Waals surface area contributed by atoms with Crippen LogP contribution < -0.4 is 5.32 Å². The van der Waals surface area contributed by atoms with E-state index in [4.69, 9.17) is 10.2 Å². The quantitative estimate of drug-likeness (QED) is 0.535. The van der Waals surface area contributed by atoms with Gasteiger partial charge in [0.2, 0.25) is 0 Å². The molecule has 3 N–H and O–H groups in total. The van der Waals surface area contributed by atoms with E-state index in [2.05, 4.69) is 15.3 Å². The van der Waals surface area contributed by atoms with Crippen molar-refractivity contribution in [2.45, 2.75) is 6.42 Å². The second-order valence-electron chi connectivity index (χ2n) is 4.59. The Bertz CT molecular complexity index is 671. The fraction of sp³-hybridized carbons (Fsp3) is 0.188. The SMILES string of the molecule is O=C(O)/C=C/c1cccc(-c2cncc(NCCCO)n2)c1. The Balaban J connectivity index is 2.19. The second kappa shape index (κ2) is 7.90. The number of aliphatic hydroxyl groups is 1. The van der Waals surface area contributed by atoms with Crippen LogP contribution in [0, 0.1) is 0 Å². The third-order valence-corrected chi connectivity index (χ3v) is 2.88. The van der Waals surface area contributed by atoms with E-state index in [1.165, 1.54) is 6.08 Å². The van der Waals surface area contributed by atoms with Gasteiger partial charge >= 0.3 is 5.97 Å². The molecule has 0 aliphatic carbocycles. The Hall–Kier alpha value is -2.73. The van der Waals surface area contributed by atoms with E-state index in [0.717, 1.165) is 17.2 Å². The summed E-state index contributed by atoms with van der Waals surface area (Å²) in [6, 6.07) is 7.39. The van der Waals surface area contributed by atoms with Crippen molar-refractivity contribution in [2.75, 3.05) is 18.5 Å². The van der Waals surface area contributed by atoms with E-state index >= 15 is 0 Å². The molecule has 1 heterocycles. The second-order valence-corrected chi connectivity index (χ2v) is 4.59. The number of carboxylic acid groups (broad SMARTS) is 1. The Kier molecular flexibility index (Phi) is 5.62. The number of nitrogens with zero attached hydrogens (tertiary/aromatic N) is 2. The monoisotopic (exact) mass is 299 g/mol. The van der Waals surface area contributed by atoms with E-state index in [0.29, 0.717) is 24.5 Å². The minimum atomic E-state index is -0.986. The number of hydrogen-bond donors (Lipinski definition) is 3. The van der Waals surface area contributed by atoms with Gasteiger partial charge in [0.1, 0.15) is 5.82 Å². The number of aliphatic hydroxyl groups excluding tert-OH is 1. The number of rotatable bonds is 7. The molecule has 6 nitrogen and oxygen atoms in total. The number of anilines is 1. The first-order valence-electron chi connectivity index (χ1n) is 6.87. The average Bonchev–Trinajstić information content (AvgIpc) is 2.54. The molecule has 0 saturated heterocycles. The van der Waals surface area contributed by atoms with E-state index in [9.17, 15) is 4.79 Å². The first-order chi connectivity index (χ1) is 10.7. The van der Waals surface area contributed by atoms with Gasteiger partial charge in [-0.05, 0) is 24.1 Å². The Morgan fingerprint density at radius 2 is 2.18 bits per heavy atom. The van der Waals surface area contributed by atoms with E-state index in [1.54, 1.807) is 12.4 Å². The topological polar surface area (TPSA) is 95.3 Å². The maximum atomic E-state index is 10.6. The van der Waals surface area contributed by atoms with Gasteiger partial charge in [-0.25, -0.2) is 9.78 Å². The summed E-state index contributed by atoms with van der Waals surface area (Å²) < 4.78 is 0. The molecule has 0 fully saturated rings. The third-order valence-electron chi connectivity index (χ3n) is 2.88. The molecule has 0 aliphatic rings. The number of nitrogens with one attached hydrogen (secondary N) is 1. The molecule has 0 unspecified atom stereocenters. The summed E-state index contributed by atoms with van der Waals surface area (Å²) in [6.45, 7) is 0.744. The fourth-order valence-corrected chi connectivity index (χ4v) is 1.85. The van der Waals surface area contributed by atoms with Gasteiger partial charge in [-0.15, -0.1) is 0 Å². The zero-order valence-corrected chi connectivity index (χ0v) is 11.9. The third kappa shape index (κ3) is 4.68. The molecule has 6 heteroatoms. The molecule has 0 spiro atoms. The fourth-order valence-electron chi connectivity index (χ4n) is 1.85. The van der Waals surface area contributed by atoms with Gasteiger partial charge in [0.15, 0.2) is 0 Å². The molecule has 0 bridgehead atoms. The molecular weight excluding hydrogens is 282 g/mol. The maximum Gasteiger partial charge on any atom is 0.328 e. The van der Waals surface area contributed by atoms with Gasteiger partial charge in [-0.3, -0.25) is 4.98 Å². The summed E-state index contributed by atoms with van der Waals surface area (Å²) >= 11 is 0. The van der Waals surface area contributed by atoms with Crippen molar-refractivity contribution < 1.29 is 15.0 Å². The van der Waals surface area contributed by atoms with Crippen molar-refractivity contribution in [1.29, 1.82) is 0 Å². The van der Waals surface area contributed by atoms with Gasteiger partial charge in [-0.1, -0.05) is 18.2 Å². The number of benzene rings is 1. The number of carboxylic acids is 1. The molecule has 0 amide bonds. The first kappa shape index (κ1) is 15.7. The maximum absolute atomic E-state index is 10.6. The smallest absolute Gasteiger partial charge is 0.328 e. The summed E-state index contributed by atoms with van der Waals surface area (Å²) in [5, 5.41) is 20.5. The van der Waals surface area contributed by atoms with Crippen molar-refractivity contribution in [3.63, 3.8) is 0 Å². The van der Waals surface area contributed by atoms with Crippen LogP contribution in [0.1, 0.15) is 12.0 Å². The van der Waals surface area contributed by atoms with E-state index in [1.807, 2.05) is 24.3 Å². The highest BCUT2D eigenvalue weighted by molar-refractivity contribution is 5.85. The van der Waals surface area contributed by atoms with Crippen LogP contribution in [0.3, 0.4) is 0 Å². The Morgan fingerprint density at radius 1 is 1.32 bits per heavy atom. The van der Waals surface area contributed by atoms with Crippen molar-refractivity contribution in [3.05, 3.63) is 48.3 Å². The minimum Gasteiger partial charge on any atom is -0.478 e. The first-order valence-corrected chi connectivity index (χ1v) is 6.87. The highest BCUT2D eigenvalue weighted by Crippen LogP contribution is 2.19. The summed E-state index contributed by atoms with van der Waals surface area (Å²) in [5.74, 6) is -0.349. The van der Waals surface area contributed by atoms with Crippen LogP contribution in [0.15, 0.2) is 42.7 Å². The summed E-state index contributed by atoms with van der Waals surface area (Å²) in [5.41, 5.74) is 2.32. The lowest BCUT2D eigenvalue weighted by Gasteiger charge is -2.07. The molecule has 0 atom stereocenters. The molecule has 2 rings (SSSR count). The predicted molar refractivity (Wildman–Crippen MR) is 84.3 cm³/mol. The minimum absolute atomic E-state index is 0.123. The summed E-state index contributed by atoms with van der Waals surface area (Å²) in [6.07, 6.45) is 6.54. The number of hydrogen-bond acceptors (Lipinski definition) is 5. The standard InChI is InChI=1S/C16H17N3O3/c20-8-2-7-18-15-11-17-10-14(19-15)13-4-1-3-12(9-13)5-6-16(21)22/h1,3-6,9-11,20H,2,7-8H2,(H,18,19)(H,21,22)/b6-5+. The van der Waals surface area contributed by atoms with Crippen LogP contribution in [0.25, 0.3) is 17.3 Å². The molecular formula is C16H17N3O3. The Labute approximate surface area is 128 Å². The van der Waals surface area contributed by atoms with Gasteiger partial charge in [0.05, 0.1) is 18.1 Å². The molecule has 114 valence electrons. The molecule has 1 aromatic heterocycles. The number of aliphatic carboxylic acids is 1. The van der Waals surface area contributed by atoms with E-state index in [-0.39, 0.29) is 6.61 Å². The van der Waals surface area contributed by atoms with Crippen LogP contribution >= 0.6 is 0 Å². The van der Waals surface area contributed by atoms with Gasteiger partial charge in [0, 0.05) is 24.8 Å². The highest BCUT2D eigenvalue weighted by Gasteiger charge is 2.02. The van der Waals surface area contributed by atoms with Crippen LogP contribution in [0.4, 0.5) is 5.82 Å². The number of carbonyl (C=O) groups is 1. The van der Waals surface area contributed by atoms with Crippen LogP contribution in [0.2, 0.25) is 0 Å². The lowest BCUT2D eigenvalue weighted by molar-refractivity contribution is -0.131. The zero-order chi connectivity index (χ0) is 15.8.